The molecule has 0 unspecified atom stereocenters. The van der Waals surface area contributed by atoms with E-state index in [0.717, 1.165) is 10.9 Å². The van der Waals surface area contributed by atoms with Gasteiger partial charge in [0.05, 0.1) is 18.2 Å². The van der Waals surface area contributed by atoms with Crippen LogP contribution in [0.3, 0.4) is 0 Å². The maximum absolute atomic E-state index is 11.6. The SMILES string of the molecule is COC(=O)c1cccc2c(CC[N+](=O)[O-])c[nH]c12. The van der Waals surface area contributed by atoms with Crippen LogP contribution in [-0.4, -0.2) is 29.5 Å². The number of esters is 1. The van der Waals surface area contributed by atoms with Crippen molar-refractivity contribution in [2.45, 2.75) is 6.42 Å². The van der Waals surface area contributed by atoms with Gasteiger partial charge >= 0.3 is 5.97 Å². The van der Waals surface area contributed by atoms with Gasteiger partial charge in [-0.3, -0.25) is 10.1 Å². The van der Waals surface area contributed by atoms with Crippen LogP contribution in [-0.2, 0) is 11.2 Å². The number of ether oxygens (including phenoxy) is 1. The van der Waals surface area contributed by atoms with Gasteiger partial charge < -0.3 is 9.72 Å². The lowest BCUT2D eigenvalue weighted by Gasteiger charge is -2.01. The van der Waals surface area contributed by atoms with E-state index in [4.69, 9.17) is 0 Å². The third-order valence-corrected chi connectivity index (χ3v) is 2.77. The number of rotatable bonds is 4. The first kappa shape index (κ1) is 12.1. The van der Waals surface area contributed by atoms with Crippen molar-refractivity contribution >= 4 is 16.9 Å². The molecule has 1 aromatic carbocycles. The predicted octanol–water partition coefficient (Wildman–Crippen LogP) is 1.77. The summed E-state index contributed by atoms with van der Waals surface area (Å²) in [4.78, 5) is 24.5. The highest BCUT2D eigenvalue weighted by Gasteiger charge is 2.14. The Balaban J connectivity index is 2.42. The highest BCUT2D eigenvalue weighted by atomic mass is 16.6. The molecular formula is C12H12N2O4. The maximum Gasteiger partial charge on any atom is 0.339 e. The normalized spacial score (nSPS) is 10.5. The zero-order chi connectivity index (χ0) is 13.1. The summed E-state index contributed by atoms with van der Waals surface area (Å²) in [5.41, 5.74) is 1.91. The highest BCUT2D eigenvalue weighted by molar-refractivity contribution is 6.03. The maximum atomic E-state index is 11.6. The molecule has 0 atom stereocenters. The Bertz CT molecular complexity index is 603. The molecule has 0 aliphatic heterocycles. The Morgan fingerprint density at radius 1 is 1.50 bits per heavy atom. The van der Waals surface area contributed by atoms with Crippen LogP contribution in [0, 0.1) is 10.1 Å². The number of nitro groups is 1. The lowest BCUT2D eigenvalue weighted by Crippen LogP contribution is -2.04. The van der Waals surface area contributed by atoms with E-state index in [-0.39, 0.29) is 11.5 Å². The van der Waals surface area contributed by atoms with Crippen molar-refractivity contribution in [3.8, 4) is 0 Å². The van der Waals surface area contributed by atoms with Gasteiger partial charge in [-0.1, -0.05) is 12.1 Å². The van der Waals surface area contributed by atoms with Crippen molar-refractivity contribution in [2.24, 2.45) is 0 Å². The van der Waals surface area contributed by atoms with E-state index < -0.39 is 5.97 Å². The summed E-state index contributed by atoms with van der Waals surface area (Å²) in [6, 6.07) is 5.22. The van der Waals surface area contributed by atoms with E-state index >= 15 is 0 Å². The molecule has 1 N–H and O–H groups in total. The van der Waals surface area contributed by atoms with Crippen molar-refractivity contribution in [3.05, 3.63) is 45.6 Å². The number of carbonyl (C=O) groups excluding carboxylic acids is 1. The molecule has 0 fully saturated rings. The Morgan fingerprint density at radius 2 is 2.28 bits per heavy atom. The van der Waals surface area contributed by atoms with E-state index in [9.17, 15) is 14.9 Å². The molecule has 0 bridgehead atoms. The van der Waals surface area contributed by atoms with Gasteiger partial charge in [-0.2, -0.15) is 0 Å². The van der Waals surface area contributed by atoms with Crippen molar-refractivity contribution in [2.75, 3.05) is 13.7 Å². The summed E-state index contributed by atoms with van der Waals surface area (Å²) in [5, 5.41) is 11.2. The fourth-order valence-electron chi connectivity index (χ4n) is 1.91. The molecular weight excluding hydrogens is 236 g/mol. The number of carbonyl (C=O) groups is 1. The second-order valence-electron chi connectivity index (χ2n) is 3.84. The van der Waals surface area contributed by atoms with Crippen LogP contribution in [0.2, 0.25) is 0 Å². The van der Waals surface area contributed by atoms with E-state index in [1.807, 2.05) is 6.07 Å². The topological polar surface area (TPSA) is 85.2 Å². The number of aromatic amines is 1. The number of methoxy groups -OCH3 is 1. The Morgan fingerprint density at radius 3 is 2.94 bits per heavy atom. The molecule has 6 heteroatoms. The minimum absolute atomic E-state index is 0.130. The largest absolute Gasteiger partial charge is 0.465 e. The second-order valence-corrected chi connectivity index (χ2v) is 3.84. The first-order chi connectivity index (χ1) is 8.63. The summed E-state index contributed by atoms with van der Waals surface area (Å²) in [6.45, 7) is -0.130. The quantitative estimate of drug-likeness (QED) is 0.507. The Hall–Kier alpha value is -2.37. The van der Waals surface area contributed by atoms with Gasteiger partial charge in [0.25, 0.3) is 0 Å². The van der Waals surface area contributed by atoms with Crippen LogP contribution in [0.15, 0.2) is 24.4 Å². The first-order valence-electron chi connectivity index (χ1n) is 5.42. The summed E-state index contributed by atoms with van der Waals surface area (Å²) in [7, 11) is 1.32. The molecule has 0 aliphatic carbocycles. The summed E-state index contributed by atoms with van der Waals surface area (Å²) < 4.78 is 4.68. The number of hydrogen-bond donors (Lipinski definition) is 1. The van der Waals surface area contributed by atoms with Gasteiger partial charge in [0.15, 0.2) is 0 Å². The van der Waals surface area contributed by atoms with E-state index in [0.29, 0.717) is 17.5 Å². The van der Waals surface area contributed by atoms with Gasteiger partial charge in [-0.25, -0.2) is 4.79 Å². The fraction of sp³-hybridized carbons (Fsp3) is 0.250. The summed E-state index contributed by atoms with van der Waals surface area (Å²) >= 11 is 0. The lowest BCUT2D eigenvalue weighted by atomic mass is 10.1. The van der Waals surface area contributed by atoms with Crippen molar-refractivity contribution in [3.63, 3.8) is 0 Å². The monoisotopic (exact) mass is 248 g/mol. The molecule has 0 saturated heterocycles. The summed E-state index contributed by atoms with van der Waals surface area (Å²) in [6.07, 6.45) is 2.03. The zero-order valence-corrected chi connectivity index (χ0v) is 9.80. The lowest BCUT2D eigenvalue weighted by molar-refractivity contribution is -0.479. The minimum atomic E-state index is -0.428. The van der Waals surface area contributed by atoms with Gasteiger partial charge in [0.2, 0.25) is 6.54 Å². The molecule has 1 heterocycles. The van der Waals surface area contributed by atoms with Gasteiger partial charge in [0.1, 0.15) is 0 Å². The average Bonchev–Trinajstić information content (AvgIpc) is 2.78. The van der Waals surface area contributed by atoms with Gasteiger partial charge in [0, 0.05) is 22.9 Å². The van der Waals surface area contributed by atoms with E-state index in [1.165, 1.54) is 7.11 Å². The summed E-state index contributed by atoms with van der Waals surface area (Å²) in [5.74, 6) is -0.428. The van der Waals surface area contributed by atoms with Gasteiger partial charge in [-0.15, -0.1) is 0 Å². The van der Waals surface area contributed by atoms with Crippen LogP contribution < -0.4 is 0 Å². The standard InChI is InChI=1S/C12H12N2O4/c1-18-12(15)10-4-2-3-9-8(5-6-14(16)17)7-13-11(9)10/h2-4,7,13H,5-6H2,1H3. The number of hydrogen-bond acceptors (Lipinski definition) is 4. The number of fused-ring (bicyclic) bond motifs is 1. The third kappa shape index (κ3) is 2.17. The zero-order valence-electron chi connectivity index (χ0n) is 9.80. The van der Waals surface area contributed by atoms with Crippen molar-refractivity contribution in [1.29, 1.82) is 0 Å². The van der Waals surface area contributed by atoms with Crippen LogP contribution in [0.1, 0.15) is 15.9 Å². The molecule has 18 heavy (non-hydrogen) atoms. The number of aromatic nitrogens is 1. The molecule has 94 valence electrons. The van der Waals surface area contributed by atoms with Crippen LogP contribution in [0.25, 0.3) is 10.9 Å². The molecule has 2 rings (SSSR count). The van der Waals surface area contributed by atoms with Crippen molar-refractivity contribution < 1.29 is 14.5 Å². The molecule has 0 spiro atoms. The Kier molecular flexibility index (Phi) is 3.27. The van der Waals surface area contributed by atoms with Crippen LogP contribution in [0.5, 0.6) is 0 Å². The Labute approximate surface area is 103 Å². The first-order valence-corrected chi connectivity index (χ1v) is 5.42. The minimum Gasteiger partial charge on any atom is -0.465 e. The predicted molar refractivity (Wildman–Crippen MR) is 65.2 cm³/mol. The van der Waals surface area contributed by atoms with E-state index in [2.05, 4.69) is 9.72 Å². The smallest absolute Gasteiger partial charge is 0.339 e. The molecule has 1 aromatic heterocycles. The molecule has 6 nitrogen and oxygen atoms in total. The molecule has 0 aliphatic rings. The van der Waals surface area contributed by atoms with Gasteiger partial charge in [-0.05, 0) is 11.6 Å². The molecule has 0 amide bonds. The van der Waals surface area contributed by atoms with Crippen molar-refractivity contribution in [1.82, 2.24) is 4.98 Å². The number of H-pyrrole nitrogens is 1. The third-order valence-electron chi connectivity index (χ3n) is 2.77. The molecule has 0 saturated carbocycles. The van der Waals surface area contributed by atoms with E-state index in [1.54, 1.807) is 18.3 Å². The number of nitrogens with one attached hydrogen (secondary N) is 1. The molecule has 2 aromatic rings. The average molecular weight is 248 g/mol. The number of nitrogens with zero attached hydrogens (tertiary/aromatic N) is 1. The number of benzene rings is 1. The molecule has 0 radical (unpaired) electrons. The second kappa shape index (κ2) is 4.87. The highest BCUT2D eigenvalue weighted by Crippen LogP contribution is 2.22. The van der Waals surface area contributed by atoms with Crippen LogP contribution >= 0.6 is 0 Å². The van der Waals surface area contributed by atoms with Crippen LogP contribution in [0.4, 0.5) is 0 Å². The number of para-hydroxylation sites is 1. The fourth-order valence-corrected chi connectivity index (χ4v) is 1.91.